The number of nitriles is 1. The second kappa shape index (κ2) is 5.87. The molecule has 0 saturated carbocycles. The molecule has 1 fully saturated rings. The number of benzene rings is 1. The molecule has 19 heavy (non-hydrogen) atoms. The Kier molecular flexibility index (Phi) is 3.98. The van der Waals surface area contributed by atoms with Crippen LogP contribution in [0.15, 0.2) is 24.3 Å². The molecular formula is C13H13N3O3. The van der Waals surface area contributed by atoms with Crippen molar-refractivity contribution in [2.75, 3.05) is 26.2 Å². The first kappa shape index (κ1) is 12.9. The fraction of sp³-hybridized carbons (Fsp3) is 0.308. The molecule has 1 aromatic rings. The number of nitrogens with zero attached hydrogens (tertiary/aromatic N) is 2. The zero-order valence-corrected chi connectivity index (χ0v) is 10.3. The molecule has 6 heteroatoms. The molecule has 0 unspecified atom stereocenters. The van der Waals surface area contributed by atoms with Gasteiger partial charge >= 0.3 is 11.8 Å². The van der Waals surface area contributed by atoms with Crippen molar-refractivity contribution >= 4 is 11.8 Å². The van der Waals surface area contributed by atoms with Crippen LogP contribution in [-0.4, -0.2) is 43.0 Å². The maximum atomic E-state index is 11.5. The molecular weight excluding hydrogens is 246 g/mol. The van der Waals surface area contributed by atoms with Crippen molar-refractivity contribution < 1.29 is 14.3 Å². The molecule has 1 aromatic carbocycles. The van der Waals surface area contributed by atoms with E-state index < -0.39 is 11.8 Å². The number of carbonyl (C=O) groups is 2. The quantitative estimate of drug-likeness (QED) is 0.765. The van der Waals surface area contributed by atoms with Crippen molar-refractivity contribution in [3.8, 4) is 11.8 Å². The molecule has 0 radical (unpaired) electrons. The van der Waals surface area contributed by atoms with E-state index in [4.69, 9.17) is 10.00 Å². The third kappa shape index (κ3) is 3.01. The Bertz CT molecular complexity index is 536. The lowest BCUT2D eigenvalue weighted by Crippen LogP contribution is -2.53. The lowest BCUT2D eigenvalue weighted by atomic mass is 10.2. The fourth-order valence-electron chi connectivity index (χ4n) is 1.79. The minimum absolute atomic E-state index is 0.248. The van der Waals surface area contributed by atoms with E-state index in [-0.39, 0.29) is 6.61 Å². The Balaban J connectivity index is 1.88. The van der Waals surface area contributed by atoms with Crippen molar-refractivity contribution in [2.24, 2.45) is 0 Å². The van der Waals surface area contributed by atoms with Crippen LogP contribution in [0.5, 0.6) is 5.75 Å². The van der Waals surface area contributed by atoms with Crippen LogP contribution in [0.4, 0.5) is 0 Å². The van der Waals surface area contributed by atoms with Crippen LogP contribution in [0.2, 0.25) is 0 Å². The van der Waals surface area contributed by atoms with Crippen LogP contribution in [-0.2, 0) is 9.59 Å². The summed E-state index contributed by atoms with van der Waals surface area (Å²) in [6.45, 7) is 1.51. The van der Waals surface area contributed by atoms with E-state index in [9.17, 15) is 9.59 Å². The van der Waals surface area contributed by atoms with Gasteiger partial charge < -0.3 is 15.0 Å². The van der Waals surface area contributed by atoms with Crippen LogP contribution >= 0.6 is 0 Å². The van der Waals surface area contributed by atoms with Gasteiger partial charge in [-0.05, 0) is 12.1 Å². The highest BCUT2D eigenvalue weighted by atomic mass is 16.5. The zero-order valence-electron chi connectivity index (χ0n) is 10.3. The Morgan fingerprint density at radius 3 is 2.95 bits per heavy atom. The first-order chi connectivity index (χ1) is 9.22. The molecule has 0 spiro atoms. The fourth-order valence-corrected chi connectivity index (χ4v) is 1.79. The molecule has 0 aliphatic carbocycles. The lowest BCUT2D eigenvalue weighted by molar-refractivity contribution is -0.148. The number of para-hydroxylation sites is 1. The maximum absolute atomic E-state index is 11.5. The molecule has 6 nitrogen and oxygen atoms in total. The summed E-state index contributed by atoms with van der Waals surface area (Å²) in [5, 5.41) is 11.4. The summed E-state index contributed by atoms with van der Waals surface area (Å²) in [5.74, 6) is -0.633. The highest BCUT2D eigenvalue weighted by molar-refractivity contribution is 6.35. The topological polar surface area (TPSA) is 82.4 Å². The molecule has 0 atom stereocenters. The summed E-state index contributed by atoms with van der Waals surface area (Å²) in [4.78, 5) is 24.1. The lowest BCUT2D eigenvalue weighted by Gasteiger charge is -2.26. The van der Waals surface area contributed by atoms with Crippen molar-refractivity contribution in [1.29, 1.82) is 5.26 Å². The molecule has 1 heterocycles. The third-order valence-electron chi connectivity index (χ3n) is 2.78. The SMILES string of the molecule is N#Cc1ccccc1OCCN1CCNC(=O)C1=O. The molecule has 98 valence electrons. The number of nitrogens with one attached hydrogen (secondary N) is 1. The number of amides is 2. The van der Waals surface area contributed by atoms with Crippen LogP contribution in [0.25, 0.3) is 0 Å². The van der Waals surface area contributed by atoms with E-state index in [1.54, 1.807) is 24.3 Å². The van der Waals surface area contributed by atoms with Crippen molar-refractivity contribution in [3.05, 3.63) is 29.8 Å². The number of hydrogen-bond acceptors (Lipinski definition) is 4. The van der Waals surface area contributed by atoms with E-state index in [2.05, 4.69) is 5.32 Å². The minimum atomic E-state index is -0.580. The monoisotopic (exact) mass is 259 g/mol. The second-order valence-corrected chi connectivity index (χ2v) is 4.00. The van der Waals surface area contributed by atoms with Crippen LogP contribution in [0.3, 0.4) is 0 Å². The van der Waals surface area contributed by atoms with Gasteiger partial charge in [0, 0.05) is 13.1 Å². The van der Waals surface area contributed by atoms with E-state index in [1.807, 2.05) is 6.07 Å². The summed E-state index contributed by atoms with van der Waals surface area (Å²) in [5.41, 5.74) is 0.449. The van der Waals surface area contributed by atoms with Gasteiger partial charge in [-0.25, -0.2) is 0 Å². The largest absolute Gasteiger partial charge is 0.490 e. The van der Waals surface area contributed by atoms with Gasteiger partial charge in [-0.3, -0.25) is 9.59 Å². The average Bonchev–Trinajstić information content (AvgIpc) is 2.44. The average molecular weight is 259 g/mol. The third-order valence-corrected chi connectivity index (χ3v) is 2.78. The van der Waals surface area contributed by atoms with Gasteiger partial charge in [0.25, 0.3) is 0 Å². The number of carbonyl (C=O) groups excluding carboxylic acids is 2. The van der Waals surface area contributed by atoms with E-state index >= 15 is 0 Å². The van der Waals surface area contributed by atoms with Crippen LogP contribution in [0, 0.1) is 11.3 Å². The Morgan fingerprint density at radius 1 is 1.37 bits per heavy atom. The highest BCUT2D eigenvalue weighted by Gasteiger charge is 2.25. The Morgan fingerprint density at radius 2 is 2.16 bits per heavy atom. The van der Waals surface area contributed by atoms with Gasteiger partial charge in [0.2, 0.25) is 0 Å². The van der Waals surface area contributed by atoms with Crippen LogP contribution in [0.1, 0.15) is 5.56 Å². The van der Waals surface area contributed by atoms with Gasteiger partial charge in [0.05, 0.1) is 12.1 Å². The highest BCUT2D eigenvalue weighted by Crippen LogP contribution is 2.16. The molecule has 1 N–H and O–H groups in total. The molecule has 1 aliphatic heterocycles. The van der Waals surface area contributed by atoms with E-state index in [0.717, 1.165) is 0 Å². The van der Waals surface area contributed by atoms with Gasteiger partial charge in [-0.15, -0.1) is 0 Å². The minimum Gasteiger partial charge on any atom is -0.490 e. The van der Waals surface area contributed by atoms with Gasteiger partial charge in [-0.1, -0.05) is 12.1 Å². The zero-order chi connectivity index (χ0) is 13.7. The smallest absolute Gasteiger partial charge is 0.312 e. The van der Waals surface area contributed by atoms with Gasteiger partial charge in [0.15, 0.2) is 0 Å². The number of rotatable bonds is 4. The summed E-state index contributed by atoms with van der Waals surface area (Å²) in [7, 11) is 0. The normalized spacial score (nSPS) is 14.8. The molecule has 0 aromatic heterocycles. The van der Waals surface area contributed by atoms with Crippen molar-refractivity contribution in [3.63, 3.8) is 0 Å². The molecule has 0 bridgehead atoms. The van der Waals surface area contributed by atoms with E-state index in [0.29, 0.717) is 30.9 Å². The van der Waals surface area contributed by atoms with Gasteiger partial charge in [0.1, 0.15) is 18.4 Å². The van der Waals surface area contributed by atoms with Crippen molar-refractivity contribution in [2.45, 2.75) is 0 Å². The maximum Gasteiger partial charge on any atom is 0.312 e. The van der Waals surface area contributed by atoms with Gasteiger partial charge in [-0.2, -0.15) is 5.26 Å². The number of ether oxygens (including phenoxy) is 1. The molecule has 2 amide bonds. The second-order valence-electron chi connectivity index (χ2n) is 4.00. The van der Waals surface area contributed by atoms with Crippen molar-refractivity contribution in [1.82, 2.24) is 10.2 Å². The summed E-state index contributed by atoms with van der Waals surface area (Å²) in [6.07, 6.45) is 0. The number of hydrogen-bond donors (Lipinski definition) is 1. The molecule has 2 rings (SSSR count). The first-order valence-electron chi connectivity index (χ1n) is 5.91. The van der Waals surface area contributed by atoms with Crippen LogP contribution < -0.4 is 10.1 Å². The molecule has 1 saturated heterocycles. The standard InChI is InChI=1S/C13H13N3O3/c14-9-10-3-1-2-4-11(10)19-8-7-16-6-5-15-12(17)13(16)18/h1-4H,5-8H2,(H,15,17). The summed E-state index contributed by atoms with van der Waals surface area (Å²) >= 11 is 0. The number of piperazine rings is 1. The Labute approximate surface area is 110 Å². The molecule has 1 aliphatic rings. The summed E-state index contributed by atoms with van der Waals surface area (Å²) < 4.78 is 5.47. The summed E-state index contributed by atoms with van der Waals surface area (Å²) in [6, 6.07) is 8.92. The first-order valence-corrected chi connectivity index (χ1v) is 5.91. The van der Waals surface area contributed by atoms with E-state index in [1.165, 1.54) is 4.90 Å². The Hall–Kier alpha value is -2.55. The predicted octanol–water partition coefficient (Wildman–Crippen LogP) is -0.105. The predicted molar refractivity (Wildman–Crippen MR) is 66.2 cm³/mol.